The van der Waals surface area contributed by atoms with Crippen LogP contribution in [0.4, 0.5) is 0 Å². The minimum Gasteiger partial charge on any atom is -0.388 e. The molecule has 0 radical (unpaired) electrons. The summed E-state index contributed by atoms with van der Waals surface area (Å²) in [5.41, 5.74) is 0. The smallest absolute Gasteiger partial charge is 0.114 e. The first kappa shape index (κ1) is 28.6. The van der Waals surface area contributed by atoms with Crippen LogP contribution >= 0.6 is 0 Å². The van der Waals surface area contributed by atoms with Crippen LogP contribution in [0.5, 0.6) is 0 Å². The zero-order valence-corrected chi connectivity index (χ0v) is 20.1. The third kappa shape index (κ3) is 15.1. The Bertz CT molecular complexity index is 415. The molecule has 0 aliphatic carbocycles. The summed E-state index contributed by atoms with van der Waals surface area (Å²) in [6.45, 7) is 3.06. The minimum atomic E-state index is -1.03. The molecule has 0 bridgehead atoms. The second-order valence-electron chi connectivity index (χ2n) is 9.14. The average molecular weight is 443 g/mol. The number of aliphatic hydroxyl groups is 3. The van der Waals surface area contributed by atoms with Crippen molar-refractivity contribution in [2.24, 2.45) is 0 Å². The van der Waals surface area contributed by atoms with Gasteiger partial charge in [-0.3, -0.25) is 0 Å². The van der Waals surface area contributed by atoms with Gasteiger partial charge in [0, 0.05) is 6.61 Å². The van der Waals surface area contributed by atoms with E-state index < -0.39 is 24.4 Å². The number of allylic oxidation sites excluding steroid dienone is 2. The van der Waals surface area contributed by atoms with Crippen LogP contribution in [0.2, 0.25) is 0 Å². The number of hydrogen-bond donors (Lipinski definition) is 3. The van der Waals surface area contributed by atoms with Crippen molar-refractivity contribution in [2.75, 3.05) is 19.8 Å². The number of unbranched alkanes of at least 4 members (excludes halogenated alkanes) is 14. The molecule has 1 aliphatic rings. The summed E-state index contributed by atoms with van der Waals surface area (Å²) in [4.78, 5) is 0. The molecule has 5 nitrogen and oxygen atoms in total. The lowest BCUT2D eigenvalue weighted by Crippen LogP contribution is -2.40. The van der Waals surface area contributed by atoms with Gasteiger partial charge in [-0.15, -0.1) is 0 Å². The first-order valence-corrected chi connectivity index (χ1v) is 13.0. The Morgan fingerprint density at radius 3 is 1.84 bits per heavy atom. The van der Waals surface area contributed by atoms with Crippen molar-refractivity contribution in [3.05, 3.63) is 12.2 Å². The van der Waals surface area contributed by atoms with Crippen molar-refractivity contribution in [2.45, 2.75) is 134 Å². The maximum Gasteiger partial charge on any atom is 0.114 e. The van der Waals surface area contributed by atoms with E-state index in [1.807, 2.05) is 0 Å². The van der Waals surface area contributed by atoms with Crippen molar-refractivity contribution in [1.82, 2.24) is 0 Å². The SMILES string of the molecule is CCC/C=C/CCCCCCCCCCCCCCCOC[C@H](O)[C@H]1OC[C@@H](O)[C@H]1O. The Morgan fingerprint density at radius 2 is 1.32 bits per heavy atom. The molecule has 3 N–H and O–H groups in total. The maximum absolute atomic E-state index is 9.97. The molecular formula is C26H50O5. The highest BCUT2D eigenvalue weighted by molar-refractivity contribution is 4.87. The molecule has 1 saturated heterocycles. The van der Waals surface area contributed by atoms with Gasteiger partial charge in [0.05, 0.1) is 13.2 Å². The van der Waals surface area contributed by atoms with Crippen molar-refractivity contribution >= 4 is 0 Å². The van der Waals surface area contributed by atoms with Gasteiger partial charge in [-0.05, 0) is 25.7 Å². The van der Waals surface area contributed by atoms with Crippen LogP contribution in [-0.2, 0) is 9.47 Å². The highest BCUT2D eigenvalue weighted by atomic mass is 16.5. The minimum absolute atomic E-state index is 0.0696. The lowest BCUT2D eigenvalue weighted by Gasteiger charge is -2.20. The lowest BCUT2D eigenvalue weighted by molar-refractivity contribution is -0.0813. The largest absolute Gasteiger partial charge is 0.388 e. The van der Waals surface area contributed by atoms with Crippen molar-refractivity contribution in [3.63, 3.8) is 0 Å². The molecule has 0 saturated carbocycles. The monoisotopic (exact) mass is 442 g/mol. The summed E-state index contributed by atoms with van der Waals surface area (Å²) in [5.74, 6) is 0. The van der Waals surface area contributed by atoms with E-state index in [9.17, 15) is 15.3 Å². The van der Waals surface area contributed by atoms with Crippen LogP contribution in [0.25, 0.3) is 0 Å². The lowest BCUT2D eigenvalue weighted by atomic mass is 10.0. The number of aliphatic hydroxyl groups excluding tert-OH is 3. The Hall–Kier alpha value is -0.460. The third-order valence-electron chi connectivity index (χ3n) is 6.14. The van der Waals surface area contributed by atoms with E-state index in [4.69, 9.17) is 9.47 Å². The van der Waals surface area contributed by atoms with Gasteiger partial charge in [0.1, 0.15) is 24.4 Å². The Labute approximate surface area is 191 Å². The van der Waals surface area contributed by atoms with Crippen molar-refractivity contribution < 1.29 is 24.8 Å². The molecular weight excluding hydrogens is 392 g/mol. The van der Waals surface area contributed by atoms with E-state index in [1.54, 1.807) is 0 Å². The molecule has 1 rings (SSSR count). The average Bonchev–Trinajstić information content (AvgIpc) is 3.10. The number of rotatable bonds is 21. The molecule has 184 valence electrons. The van der Waals surface area contributed by atoms with Gasteiger partial charge < -0.3 is 24.8 Å². The van der Waals surface area contributed by atoms with Gasteiger partial charge in [0.2, 0.25) is 0 Å². The summed E-state index contributed by atoms with van der Waals surface area (Å²) < 4.78 is 10.7. The topological polar surface area (TPSA) is 79.2 Å². The zero-order valence-electron chi connectivity index (χ0n) is 20.1. The highest BCUT2D eigenvalue weighted by Crippen LogP contribution is 2.18. The number of ether oxygens (including phenoxy) is 2. The fourth-order valence-corrected chi connectivity index (χ4v) is 4.08. The molecule has 0 spiro atoms. The normalized spacial score (nSPS) is 22.5. The Kier molecular flexibility index (Phi) is 18.6. The van der Waals surface area contributed by atoms with Crippen LogP contribution < -0.4 is 0 Å². The van der Waals surface area contributed by atoms with Crippen LogP contribution in [0.15, 0.2) is 12.2 Å². The summed E-state index contributed by atoms with van der Waals surface area (Å²) >= 11 is 0. The van der Waals surface area contributed by atoms with Gasteiger partial charge >= 0.3 is 0 Å². The Morgan fingerprint density at radius 1 is 0.806 bits per heavy atom. The first-order valence-electron chi connectivity index (χ1n) is 13.0. The second kappa shape index (κ2) is 20.2. The standard InChI is InChI=1S/C26H50O5/c1-2-3-4-5-6-7-8-9-10-11-12-13-14-15-16-17-18-19-20-30-21-24(28)26-25(29)23(27)22-31-26/h4-5,23-29H,2-3,6-22H2,1H3/b5-4+/t23-,24+,25-,26-/m1/s1. The summed E-state index contributed by atoms with van der Waals surface area (Å²) in [5, 5.41) is 29.1. The molecule has 0 aromatic rings. The molecule has 31 heavy (non-hydrogen) atoms. The van der Waals surface area contributed by atoms with Gasteiger partial charge in [-0.25, -0.2) is 0 Å². The molecule has 0 unspecified atom stereocenters. The van der Waals surface area contributed by atoms with E-state index in [1.165, 1.54) is 89.9 Å². The maximum atomic E-state index is 9.97. The molecule has 1 aliphatic heterocycles. The fraction of sp³-hybridized carbons (Fsp3) is 0.923. The van der Waals surface area contributed by atoms with E-state index >= 15 is 0 Å². The predicted molar refractivity (Wildman–Crippen MR) is 127 cm³/mol. The predicted octanol–water partition coefficient (Wildman–Crippen LogP) is 5.30. The Balaban J connectivity index is 1.74. The van der Waals surface area contributed by atoms with Crippen molar-refractivity contribution in [3.8, 4) is 0 Å². The van der Waals surface area contributed by atoms with E-state index in [0.717, 1.165) is 12.8 Å². The quantitative estimate of drug-likeness (QED) is 0.166. The van der Waals surface area contributed by atoms with Gasteiger partial charge in [-0.1, -0.05) is 96.1 Å². The molecule has 1 fully saturated rings. The molecule has 4 atom stereocenters. The highest BCUT2D eigenvalue weighted by Gasteiger charge is 2.39. The molecule has 0 amide bonds. The molecule has 0 aromatic heterocycles. The van der Waals surface area contributed by atoms with Crippen molar-refractivity contribution in [1.29, 1.82) is 0 Å². The van der Waals surface area contributed by atoms with E-state index in [0.29, 0.717) is 6.61 Å². The number of hydrogen-bond acceptors (Lipinski definition) is 5. The molecule has 5 heteroatoms. The van der Waals surface area contributed by atoms with Crippen LogP contribution in [-0.4, -0.2) is 59.6 Å². The zero-order chi connectivity index (χ0) is 22.6. The van der Waals surface area contributed by atoms with Gasteiger partial charge in [-0.2, -0.15) is 0 Å². The first-order chi connectivity index (χ1) is 15.2. The fourth-order valence-electron chi connectivity index (χ4n) is 4.08. The molecule has 1 heterocycles. The van der Waals surface area contributed by atoms with Crippen LogP contribution in [0, 0.1) is 0 Å². The second-order valence-corrected chi connectivity index (χ2v) is 9.14. The van der Waals surface area contributed by atoms with Gasteiger partial charge in [0.15, 0.2) is 0 Å². The summed E-state index contributed by atoms with van der Waals surface area (Å²) in [6, 6.07) is 0. The van der Waals surface area contributed by atoms with Gasteiger partial charge in [0.25, 0.3) is 0 Å². The van der Waals surface area contributed by atoms with E-state index in [-0.39, 0.29) is 13.2 Å². The summed E-state index contributed by atoms with van der Waals surface area (Å²) in [6.07, 6.45) is 22.0. The molecule has 0 aromatic carbocycles. The third-order valence-corrected chi connectivity index (χ3v) is 6.14. The summed E-state index contributed by atoms with van der Waals surface area (Å²) in [7, 11) is 0. The van der Waals surface area contributed by atoms with E-state index in [2.05, 4.69) is 19.1 Å². The van der Waals surface area contributed by atoms with Crippen LogP contribution in [0.3, 0.4) is 0 Å². The van der Waals surface area contributed by atoms with Crippen LogP contribution in [0.1, 0.15) is 110 Å².